The number of hydrazine groups is 1. The lowest BCUT2D eigenvalue weighted by Gasteiger charge is -2.12. The zero-order valence-corrected chi connectivity index (χ0v) is 19.1. The third kappa shape index (κ3) is 6.46. The van der Waals surface area contributed by atoms with Crippen molar-refractivity contribution in [2.24, 2.45) is 0 Å². The summed E-state index contributed by atoms with van der Waals surface area (Å²) in [6.07, 6.45) is 2.37. The van der Waals surface area contributed by atoms with Crippen LogP contribution in [0.25, 0.3) is 10.8 Å². The molecule has 1 heterocycles. The lowest BCUT2D eigenvalue weighted by molar-refractivity contribution is -0.121. The van der Waals surface area contributed by atoms with Crippen molar-refractivity contribution in [3.8, 4) is 0 Å². The Kier molecular flexibility index (Phi) is 8.60. The van der Waals surface area contributed by atoms with E-state index in [2.05, 4.69) is 21.3 Å². The molecule has 9 nitrogen and oxygen atoms in total. The van der Waals surface area contributed by atoms with Gasteiger partial charge in [0.1, 0.15) is 11.6 Å². The van der Waals surface area contributed by atoms with Crippen molar-refractivity contribution in [3.05, 3.63) is 75.7 Å². The molecule has 35 heavy (non-hydrogen) atoms. The molecule has 0 aliphatic carbocycles. The molecule has 1 aromatic heterocycles. The average Bonchev–Trinajstić information content (AvgIpc) is 2.84. The summed E-state index contributed by atoms with van der Waals surface area (Å²) < 4.78 is 27.9. The maximum Gasteiger partial charge on any atom is 0.290 e. The quantitative estimate of drug-likeness (QED) is 0.318. The standard InChI is InChI=1S/C24H25F2N5O4/c1-2-3-6-13-31-24(35)17-8-5-4-7-16(17)21(30-31)23(34)29-28-20(32)11-12-27-22(33)18-10-9-15(25)14-19(18)26/h4-5,7-10,14H,2-3,6,11-13H2,1H3,(H,27,33)(H,28,32)(H,29,34). The number of carbonyl (C=O) groups is 3. The van der Waals surface area contributed by atoms with Gasteiger partial charge in [-0.1, -0.05) is 38.0 Å². The van der Waals surface area contributed by atoms with Crippen LogP contribution < -0.4 is 21.7 Å². The number of unbranched alkanes of at least 4 members (excludes halogenated alkanes) is 2. The first-order chi connectivity index (χ1) is 16.8. The predicted molar refractivity (Wildman–Crippen MR) is 124 cm³/mol. The minimum Gasteiger partial charge on any atom is -0.351 e. The first-order valence-corrected chi connectivity index (χ1v) is 11.1. The van der Waals surface area contributed by atoms with E-state index in [0.717, 1.165) is 31.4 Å². The molecule has 0 aliphatic rings. The Morgan fingerprint density at radius 2 is 1.71 bits per heavy atom. The van der Waals surface area contributed by atoms with Crippen LogP contribution in [0.15, 0.2) is 47.3 Å². The average molecular weight is 485 g/mol. The fraction of sp³-hybridized carbons (Fsp3) is 0.292. The molecule has 0 saturated heterocycles. The number of rotatable bonds is 9. The van der Waals surface area contributed by atoms with Crippen molar-refractivity contribution >= 4 is 28.5 Å². The van der Waals surface area contributed by atoms with Crippen molar-refractivity contribution in [2.45, 2.75) is 39.2 Å². The summed E-state index contributed by atoms with van der Waals surface area (Å²) >= 11 is 0. The molecule has 0 spiro atoms. The number of nitrogens with one attached hydrogen (secondary N) is 3. The summed E-state index contributed by atoms with van der Waals surface area (Å²) in [5.74, 6) is -3.97. The third-order valence-corrected chi connectivity index (χ3v) is 5.19. The number of amides is 3. The molecule has 2 aromatic carbocycles. The summed E-state index contributed by atoms with van der Waals surface area (Å²) in [6.45, 7) is 2.24. The van der Waals surface area contributed by atoms with E-state index in [0.29, 0.717) is 23.4 Å². The topological polar surface area (TPSA) is 122 Å². The van der Waals surface area contributed by atoms with E-state index in [1.807, 2.05) is 6.92 Å². The lowest BCUT2D eigenvalue weighted by Crippen LogP contribution is -2.43. The second kappa shape index (κ2) is 11.8. The molecule has 0 aliphatic heterocycles. The number of hydrogen-bond donors (Lipinski definition) is 3. The number of fused-ring (bicyclic) bond motifs is 1. The monoisotopic (exact) mass is 485 g/mol. The van der Waals surface area contributed by atoms with E-state index in [1.54, 1.807) is 24.3 Å². The van der Waals surface area contributed by atoms with E-state index >= 15 is 0 Å². The van der Waals surface area contributed by atoms with Crippen molar-refractivity contribution in [1.29, 1.82) is 0 Å². The minimum atomic E-state index is -1.02. The van der Waals surface area contributed by atoms with Gasteiger partial charge >= 0.3 is 0 Å². The fourth-order valence-electron chi connectivity index (χ4n) is 3.37. The summed E-state index contributed by atoms with van der Waals surface area (Å²) in [7, 11) is 0. The molecule has 3 rings (SSSR count). The van der Waals surface area contributed by atoms with Gasteiger partial charge < -0.3 is 5.32 Å². The number of aryl methyl sites for hydroxylation is 1. The maximum atomic E-state index is 13.7. The summed E-state index contributed by atoms with van der Waals surface area (Å²) in [6, 6.07) is 9.10. The van der Waals surface area contributed by atoms with Gasteiger partial charge in [-0.15, -0.1) is 0 Å². The molecule has 11 heteroatoms. The van der Waals surface area contributed by atoms with Crippen molar-refractivity contribution in [1.82, 2.24) is 25.9 Å². The fourth-order valence-corrected chi connectivity index (χ4v) is 3.37. The van der Waals surface area contributed by atoms with Crippen LogP contribution in [-0.4, -0.2) is 34.0 Å². The first-order valence-electron chi connectivity index (χ1n) is 11.1. The molecular weight excluding hydrogens is 460 g/mol. The molecule has 3 amide bonds. The van der Waals surface area contributed by atoms with E-state index in [-0.39, 0.29) is 29.8 Å². The third-order valence-electron chi connectivity index (χ3n) is 5.19. The SMILES string of the molecule is CCCCCn1nc(C(=O)NNC(=O)CCNC(=O)c2ccc(F)cc2F)c2ccccc2c1=O. The van der Waals surface area contributed by atoms with Gasteiger partial charge in [0.2, 0.25) is 5.91 Å². The molecular formula is C24H25F2N5O4. The zero-order valence-electron chi connectivity index (χ0n) is 19.1. The predicted octanol–water partition coefficient (Wildman–Crippen LogP) is 2.45. The molecule has 0 unspecified atom stereocenters. The van der Waals surface area contributed by atoms with Crippen molar-refractivity contribution < 1.29 is 23.2 Å². The molecule has 0 fully saturated rings. The van der Waals surface area contributed by atoms with Crippen LogP contribution in [-0.2, 0) is 11.3 Å². The van der Waals surface area contributed by atoms with Gasteiger partial charge in [0.15, 0.2) is 5.69 Å². The summed E-state index contributed by atoms with van der Waals surface area (Å²) in [5, 5.41) is 7.24. The zero-order chi connectivity index (χ0) is 25.4. The van der Waals surface area contributed by atoms with Crippen molar-refractivity contribution in [3.63, 3.8) is 0 Å². The molecule has 0 atom stereocenters. The molecule has 3 aromatic rings. The number of benzene rings is 2. The van der Waals surface area contributed by atoms with Gasteiger partial charge in [-0.05, 0) is 24.6 Å². The van der Waals surface area contributed by atoms with Crippen LogP contribution in [0.5, 0.6) is 0 Å². The van der Waals surface area contributed by atoms with Gasteiger partial charge in [0.05, 0.1) is 10.9 Å². The highest BCUT2D eigenvalue weighted by molar-refractivity contribution is 6.05. The lowest BCUT2D eigenvalue weighted by atomic mass is 10.1. The van der Waals surface area contributed by atoms with Gasteiger partial charge in [-0.3, -0.25) is 30.0 Å². The normalized spacial score (nSPS) is 10.7. The number of nitrogens with zero attached hydrogens (tertiary/aromatic N) is 2. The van der Waals surface area contributed by atoms with E-state index < -0.39 is 29.4 Å². The van der Waals surface area contributed by atoms with Crippen LogP contribution in [0, 0.1) is 11.6 Å². The largest absolute Gasteiger partial charge is 0.351 e. The Hall–Kier alpha value is -4.15. The Balaban J connectivity index is 1.60. The second-order valence-electron chi connectivity index (χ2n) is 7.76. The van der Waals surface area contributed by atoms with Gasteiger partial charge in [-0.25, -0.2) is 13.5 Å². The molecule has 0 bridgehead atoms. The highest BCUT2D eigenvalue weighted by Gasteiger charge is 2.17. The molecule has 184 valence electrons. The van der Waals surface area contributed by atoms with Gasteiger partial charge in [0.25, 0.3) is 17.4 Å². The highest BCUT2D eigenvalue weighted by Crippen LogP contribution is 2.13. The van der Waals surface area contributed by atoms with Crippen LogP contribution >= 0.6 is 0 Å². The molecule has 0 saturated carbocycles. The Labute approximate surface area is 199 Å². The van der Waals surface area contributed by atoms with Crippen LogP contribution in [0.4, 0.5) is 8.78 Å². The number of aromatic nitrogens is 2. The molecule has 3 N–H and O–H groups in total. The Morgan fingerprint density at radius 1 is 0.971 bits per heavy atom. The van der Waals surface area contributed by atoms with Crippen LogP contribution in [0.1, 0.15) is 53.5 Å². The molecule has 0 radical (unpaired) electrons. The minimum absolute atomic E-state index is 0.0166. The number of halogens is 2. The summed E-state index contributed by atoms with van der Waals surface area (Å²) in [4.78, 5) is 49.5. The number of carbonyl (C=O) groups excluding carboxylic acids is 3. The maximum absolute atomic E-state index is 13.7. The van der Waals surface area contributed by atoms with Gasteiger partial charge in [-0.2, -0.15) is 5.10 Å². The highest BCUT2D eigenvalue weighted by atomic mass is 19.1. The van der Waals surface area contributed by atoms with Crippen LogP contribution in [0.3, 0.4) is 0 Å². The Morgan fingerprint density at radius 3 is 2.43 bits per heavy atom. The van der Waals surface area contributed by atoms with E-state index in [4.69, 9.17) is 0 Å². The smallest absolute Gasteiger partial charge is 0.290 e. The Bertz CT molecular complexity index is 1310. The summed E-state index contributed by atoms with van der Waals surface area (Å²) in [5.41, 5.74) is 3.81. The van der Waals surface area contributed by atoms with E-state index in [1.165, 1.54) is 4.68 Å². The van der Waals surface area contributed by atoms with Gasteiger partial charge in [0, 0.05) is 31.0 Å². The second-order valence-corrected chi connectivity index (χ2v) is 7.76. The van der Waals surface area contributed by atoms with Crippen LogP contribution in [0.2, 0.25) is 0 Å². The van der Waals surface area contributed by atoms with E-state index in [9.17, 15) is 28.0 Å². The van der Waals surface area contributed by atoms with Crippen molar-refractivity contribution in [2.75, 3.05) is 6.54 Å². The number of hydrogen-bond acceptors (Lipinski definition) is 5. The first kappa shape index (κ1) is 25.5.